The van der Waals surface area contributed by atoms with Crippen molar-refractivity contribution in [2.45, 2.75) is 24.3 Å². The smallest absolute Gasteiger partial charge is 0.237 e. The first-order chi connectivity index (χ1) is 9.47. The zero-order chi connectivity index (χ0) is 14.7. The molecule has 1 aromatic heterocycles. The summed E-state index contributed by atoms with van der Waals surface area (Å²) in [5.41, 5.74) is 7.00. The van der Waals surface area contributed by atoms with Gasteiger partial charge < -0.3 is 15.6 Å². The summed E-state index contributed by atoms with van der Waals surface area (Å²) in [5.74, 6) is 0.735. The van der Waals surface area contributed by atoms with Crippen LogP contribution in [0.4, 0.5) is 11.4 Å². The summed E-state index contributed by atoms with van der Waals surface area (Å²) in [6.07, 6.45) is 0. The predicted octanol–water partition coefficient (Wildman–Crippen LogP) is 1.83. The number of nitrogen functional groups attached to an aromatic ring is 1. The van der Waals surface area contributed by atoms with E-state index in [1.807, 2.05) is 25.5 Å². The minimum atomic E-state index is -0.269. The molecule has 1 atom stereocenters. The number of rotatable bonds is 4. The quantitative estimate of drug-likeness (QED) is 0.663. The highest BCUT2D eigenvalue weighted by Crippen LogP contribution is 2.22. The molecule has 0 fully saturated rings. The third-order valence-corrected chi connectivity index (χ3v) is 4.02. The van der Waals surface area contributed by atoms with E-state index in [1.54, 1.807) is 24.3 Å². The van der Waals surface area contributed by atoms with Gasteiger partial charge in [-0.1, -0.05) is 11.8 Å². The number of hydrogen-bond donors (Lipinski definition) is 2. The van der Waals surface area contributed by atoms with Crippen molar-refractivity contribution >= 4 is 29.0 Å². The second-order valence-electron chi connectivity index (χ2n) is 4.46. The molecule has 0 saturated carbocycles. The molecule has 3 N–H and O–H groups in total. The molecule has 0 spiro atoms. The van der Waals surface area contributed by atoms with Crippen LogP contribution in [0.2, 0.25) is 0 Å². The van der Waals surface area contributed by atoms with Crippen molar-refractivity contribution in [3.63, 3.8) is 0 Å². The van der Waals surface area contributed by atoms with Crippen molar-refractivity contribution < 1.29 is 4.79 Å². The summed E-state index contributed by atoms with van der Waals surface area (Å²) < 4.78 is 1.86. The van der Waals surface area contributed by atoms with Crippen LogP contribution < -0.4 is 11.1 Å². The molecule has 20 heavy (non-hydrogen) atoms. The van der Waals surface area contributed by atoms with Crippen LogP contribution in [0.15, 0.2) is 29.4 Å². The van der Waals surface area contributed by atoms with Gasteiger partial charge in [0, 0.05) is 18.4 Å². The summed E-state index contributed by atoms with van der Waals surface area (Å²) in [7, 11) is 1.88. The van der Waals surface area contributed by atoms with Crippen LogP contribution in [0.1, 0.15) is 12.7 Å². The van der Waals surface area contributed by atoms with E-state index in [9.17, 15) is 4.79 Å². The number of thioether (sulfide) groups is 1. The third kappa shape index (κ3) is 3.30. The maximum Gasteiger partial charge on any atom is 0.237 e. The van der Waals surface area contributed by atoms with E-state index in [0.29, 0.717) is 5.69 Å². The number of hydrogen-bond acceptors (Lipinski definition) is 5. The Balaban J connectivity index is 1.98. The second kappa shape index (κ2) is 5.96. The van der Waals surface area contributed by atoms with Crippen molar-refractivity contribution in [2.24, 2.45) is 7.05 Å². The molecule has 0 bridgehead atoms. The molecule has 0 radical (unpaired) electrons. The van der Waals surface area contributed by atoms with Gasteiger partial charge in [0.15, 0.2) is 5.16 Å². The summed E-state index contributed by atoms with van der Waals surface area (Å²) in [6, 6.07) is 7.05. The number of nitrogens with zero attached hydrogens (tertiary/aromatic N) is 3. The Morgan fingerprint density at radius 2 is 2.00 bits per heavy atom. The number of amides is 1. The van der Waals surface area contributed by atoms with Gasteiger partial charge in [0.25, 0.3) is 0 Å². The van der Waals surface area contributed by atoms with Gasteiger partial charge in [-0.05, 0) is 38.1 Å². The predicted molar refractivity (Wildman–Crippen MR) is 80.5 cm³/mol. The van der Waals surface area contributed by atoms with Crippen LogP contribution in [0.3, 0.4) is 0 Å². The standard InChI is InChI=1S/C13H17N5OS/c1-8(20-13-17-16-9(2)18(13)3)12(19)15-11-6-4-10(14)5-7-11/h4-8H,14H2,1-3H3,(H,15,19). The first-order valence-corrected chi connectivity index (χ1v) is 7.04. The van der Waals surface area contributed by atoms with Crippen LogP contribution in [-0.4, -0.2) is 25.9 Å². The Kier molecular flexibility index (Phi) is 4.29. The Labute approximate surface area is 121 Å². The molecular formula is C13H17N5OS. The van der Waals surface area contributed by atoms with E-state index in [2.05, 4.69) is 15.5 Å². The fraction of sp³-hybridized carbons (Fsp3) is 0.308. The van der Waals surface area contributed by atoms with Crippen LogP contribution in [0.5, 0.6) is 0 Å². The van der Waals surface area contributed by atoms with Gasteiger partial charge in [0.1, 0.15) is 5.82 Å². The summed E-state index contributed by atoms with van der Waals surface area (Å²) in [4.78, 5) is 12.1. The molecule has 0 aliphatic heterocycles. The Hall–Kier alpha value is -2.02. The van der Waals surface area contributed by atoms with E-state index in [-0.39, 0.29) is 11.2 Å². The Morgan fingerprint density at radius 3 is 2.55 bits per heavy atom. The zero-order valence-electron chi connectivity index (χ0n) is 11.6. The SMILES string of the molecule is Cc1nnc(SC(C)C(=O)Nc2ccc(N)cc2)n1C. The Morgan fingerprint density at radius 1 is 1.35 bits per heavy atom. The van der Waals surface area contributed by atoms with Gasteiger partial charge in [0.2, 0.25) is 5.91 Å². The van der Waals surface area contributed by atoms with Crippen molar-refractivity contribution in [1.82, 2.24) is 14.8 Å². The second-order valence-corrected chi connectivity index (χ2v) is 5.77. The zero-order valence-corrected chi connectivity index (χ0v) is 12.4. The number of carbonyl (C=O) groups is 1. The van der Waals surface area contributed by atoms with Crippen molar-refractivity contribution in [2.75, 3.05) is 11.1 Å². The summed E-state index contributed by atoms with van der Waals surface area (Å²) in [6.45, 7) is 3.71. The van der Waals surface area contributed by atoms with Crippen molar-refractivity contribution in [3.8, 4) is 0 Å². The lowest BCUT2D eigenvalue weighted by Crippen LogP contribution is -2.22. The highest BCUT2D eigenvalue weighted by atomic mass is 32.2. The van der Waals surface area contributed by atoms with Crippen molar-refractivity contribution in [1.29, 1.82) is 0 Å². The number of nitrogens with two attached hydrogens (primary N) is 1. The maximum atomic E-state index is 12.1. The monoisotopic (exact) mass is 291 g/mol. The van der Waals surface area contributed by atoms with E-state index in [4.69, 9.17) is 5.73 Å². The van der Waals surface area contributed by atoms with Gasteiger partial charge in [-0.15, -0.1) is 10.2 Å². The number of aromatic nitrogens is 3. The Bertz CT molecular complexity index is 608. The number of carbonyl (C=O) groups excluding carboxylic acids is 1. The van der Waals surface area contributed by atoms with E-state index >= 15 is 0 Å². The van der Waals surface area contributed by atoms with Crippen LogP contribution in [-0.2, 0) is 11.8 Å². The first-order valence-electron chi connectivity index (χ1n) is 6.16. The van der Waals surface area contributed by atoms with Crippen molar-refractivity contribution in [3.05, 3.63) is 30.1 Å². The maximum absolute atomic E-state index is 12.1. The molecule has 1 heterocycles. The first kappa shape index (κ1) is 14.4. The fourth-order valence-corrected chi connectivity index (χ4v) is 2.37. The molecule has 0 aliphatic carbocycles. The molecule has 2 aromatic rings. The fourth-order valence-electron chi connectivity index (χ4n) is 1.51. The molecule has 2 rings (SSSR count). The van der Waals surface area contributed by atoms with Gasteiger partial charge in [-0.3, -0.25) is 4.79 Å². The summed E-state index contributed by atoms with van der Waals surface area (Å²) >= 11 is 1.37. The highest BCUT2D eigenvalue weighted by molar-refractivity contribution is 8.00. The molecule has 106 valence electrons. The lowest BCUT2D eigenvalue weighted by atomic mass is 10.3. The number of aryl methyl sites for hydroxylation is 1. The van der Waals surface area contributed by atoms with Crippen LogP contribution >= 0.6 is 11.8 Å². The third-order valence-electron chi connectivity index (χ3n) is 2.88. The van der Waals surface area contributed by atoms with Gasteiger partial charge >= 0.3 is 0 Å². The topological polar surface area (TPSA) is 85.8 Å². The average molecular weight is 291 g/mol. The van der Waals surface area contributed by atoms with Gasteiger partial charge in [-0.2, -0.15) is 0 Å². The number of benzene rings is 1. The molecule has 1 unspecified atom stereocenters. The van der Waals surface area contributed by atoms with Gasteiger partial charge in [0.05, 0.1) is 5.25 Å². The summed E-state index contributed by atoms with van der Waals surface area (Å²) in [5, 5.41) is 11.3. The molecule has 6 nitrogen and oxygen atoms in total. The lowest BCUT2D eigenvalue weighted by molar-refractivity contribution is -0.115. The average Bonchev–Trinajstić information content (AvgIpc) is 2.73. The largest absolute Gasteiger partial charge is 0.399 e. The normalized spacial score (nSPS) is 12.2. The number of anilines is 2. The van der Waals surface area contributed by atoms with Crippen LogP contribution in [0, 0.1) is 6.92 Å². The van der Waals surface area contributed by atoms with E-state index in [0.717, 1.165) is 16.7 Å². The van der Waals surface area contributed by atoms with Crippen LogP contribution in [0.25, 0.3) is 0 Å². The number of nitrogens with one attached hydrogen (secondary N) is 1. The minimum absolute atomic E-state index is 0.0829. The molecule has 7 heteroatoms. The van der Waals surface area contributed by atoms with E-state index < -0.39 is 0 Å². The molecular weight excluding hydrogens is 274 g/mol. The lowest BCUT2D eigenvalue weighted by Gasteiger charge is -2.11. The molecule has 1 amide bonds. The van der Waals surface area contributed by atoms with Gasteiger partial charge in [-0.25, -0.2) is 0 Å². The van der Waals surface area contributed by atoms with E-state index in [1.165, 1.54) is 11.8 Å². The molecule has 1 aromatic carbocycles. The molecule has 0 saturated heterocycles. The molecule has 0 aliphatic rings. The minimum Gasteiger partial charge on any atom is -0.399 e. The highest BCUT2D eigenvalue weighted by Gasteiger charge is 2.18.